The molecule has 1 aliphatic rings. The zero-order valence-electron chi connectivity index (χ0n) is 16.3. The van der Waals surface area contributed by atoms with E-state index in [9.17, 15) is 4.79 Å². The second-order valence-electron chi connectivity index (χ2n) is 7.12. The van der Waals surface area contributed by atoms with E-state index >= 15 is 0 Å². The molecule has 1 N–H and O–H groups in total. The number of nitrogens with one attached hydrogen (secondary N) is 1. The van der Waals surface area contributed by atoms with E-state index in [0.717, 1.165) is 40.3 Å². The van der Waals surface area contributed by atoms with Crippen molar-refractivity contribution in [3.05, 3.63) is 70.8 Å². The summed E-state index contributed by atoms with van der Waals surface area (Å²) >= 11 is 6.48. The molecule has 1 fully saturated rings. The van der Waals surface area contributed by atoms with E-state index in [0.29, 0.717) is 19.8 Å². The third-order valence-electron chi connectivity index (χ3n) is 5.38. The van der Waals surface area contributed by atoms with Gasteiger partial charge in [-0.1, -0.05) is 48.0 Å². The Morgan fingerprint density at radius 1 is 1.18 bits per heavy atom. The van der Waals surface area contributed by atoms with Gasteiger partial charge in [0.1, 0.15) is 5.75 Å². The lowest BCUT2D eigenvalue weighted by atomic mass is 9.74. The molecule has 5 heteroatoms. The minimum atomic E-state index is -0.210. The van der Waals surface area contributed by atoms with Gasteiger partial charge in [0.15, 0.2) is 0 Å². The van der Waals surface area contributed by atoms with Gasteiger partial charge in [0.25, 0.3) is 0 Å². The van der Waals surface area contributed by atoms with Crippen LogP contribution in [0.15, 0.2) is 54.6 Å². The highest BCUT2D eigenvalue weighted by Crippen LogP contribution is 2.38. The maximum Gasteiger partial charge on any atom is 0.244 e. The summed E-state index contributed by atoms with van der Waals surface area (Å²) in [6, 6.07) is 15.6. The number of benzene rings is 2. The highest BCUT2D eigenvalue weighted by Gasteiger charge is 2.36. The first-order valence-electron chi connectivity index (χ1n) is 9.48. The summed E-state index contributed by atoms with van der Waals surface area (Å²) in [4.78, 5) is 12.6. The highest BCUT2D eigenvalue weighted by molar-refractivity contribution is 6.31. The maximum atomic E-state index is 12.6. The van der Waals surface area contributed by atoms with Gasteiger partial charge in [-0.15, -0.1) is 0 Å². The predicted molar refractivity (Wildman–Crippen MR) is 113 cm³/mol. The minimum absolute atomic E-state index is 0.124. The molecule has 0 unspecified atom stereocenters. The van der Waals surface area contributed by atoms with E-state index in [-0.39, 0.29) is 11.3 Å². The van der Waals surface area contributed by atoms with Gasteiger partial charge < -0.3 is 14.8 Å². The van der Waals surface area contributed by atoms with Crippen LogP contribution in [0.1, 0.15) is 30.9 Å². The van der Waals surface area contributed by atoms with E-state index in [1.165, 1.54) is 0 Å². The Morgan fingerprint density at radius 2 is 1.86 bits per heavy atom. The van der Waals surface area contributed by atoms with Crippen LogP contribution in [0.25, 0.3) is 5.57 Å². The van der Waals surface area contributed by atoms with Gasteiger partial charge >= 0.3 is 0 Å². The number of rotatable bonds is 6. The lowest BCUT2D eigenvalue weighted by Gasteiger charge is -2.38. The van der Waals surface area contributed by atoms with Crippen molar-refractivity contribution in [3.8, 4) is 5.75 Å². The molecule has 0 aromatic heterocycles. The van der Waals surface area contributed by atoms with Crippen molar-refractivity contribution in [2.24, 2.45) is 0 Å². The summed E-state index contributed by atoms with van der Waals surface area (Å²) in [5.41, 5.74) is 2.63. The first kappa shape index (κ1) is 20.4. The minimum Gasteiger partial charge on any atom is -0.496 e. The molecule has 2 aromatic carbocycles. The zero-order chi connectivity index (χ0) is 20.0. The largest absolute Gasteiger partial charge is 0.496 e. The number of ether oxygens (including phenoxy) is 2. The lowest BCUT2D eigenvalue weighted by molar-refractivity contribution is -0.117. The fourth-order valence-electron chi connectivity index (χ4n) is 3.75. The van der Waals surface area contributed by atoms with Gasteiger partial charge in [0.05, 0.1) is 7.11 Å². The second kappa shape index (κ2) is 9.26. The number of hydrogen-bond acceptors (Lipinski definition) is 3. The molecule has 1 aliphatic heterocycles. The Balaban J connectivity index is 1.76. The Kier molecular flexibility index (Phi) is 6.76. The number of hydrogen-bond donors (Lipinski definition) is 1. The molecule has 0 saturated carbocycles. The van der Waals surface area contributed by atoms with Crippen LogP contribution in [0.5, 0.6) is 5.75 Å². The van der Waals surface area contributed by atoms with Crippen molar-refractivity contribution >= 4 is 23.1 Å². The van der Waals surface area contributed by atoms with Crippen LogP contribution in [-0.2, 0) is 14.9 Å². The Morgan fingerprint density at radius 3 is 2.57 bits per heavy atom. The maximum absolute atomic E-state index is 12.6. The van der Waals surface area contributed by atoms with Gasteiger partial charge in [-0.2, -0.15) is 0 Å². The van der Waals surface area contributed by atoms with Gasteiger partial charge in [-0.3, -0.25) is 4.79 Å². The Bertz CT molecular complexity index is 856. The number of para-hydroxylation sites is 1. The highest BCUT2D eigenvalue weighted by atomic mass is 35.5. The predicted octanol–water partition coefficient (Wildman–Crippen LogP) is 4.62. The molecule has 148 valence electrons. The molecule has 2 aromatic rings. The van der Waals surface area contributed by atoms with E-state index in [1.807, 2.05) is 49.4 Å². The Hall–Kier alpha value is -2.30. The van der Waals surface area contributed by atoms with Gasteiger partial charge in [-0.05, 0) is 43.0 Å². The number of carbonyl (C=O) groups is 1. The van der Waals surface area contributed by atoms with Crippen LogP contribution >= 0.6 is 11.6 Å². The zero-order valence-corrected chi connectivity index (χ0v) is 17.1. The molecule has 28 heavy (non-hydrogen) atoms. The fourth-order valence-corrected chi connectivity index (χ4v) is 4.08. The molecule has 1 heterocycles. The van der Waals surface area contributed by atoms with Crippen LogP contribution in [0.3, 0.4) is 0 Å². The number of halogens is 1. The van der Waals surface area contributed by atoms with Crippen LogP contribution in [0, 0.1) is 0 Å². The van der Waals surface area contributed by atoms with Crippen LogP contribution in [0.2, 0.25) is 5.02 Å². The molecule has 3 rings (SSSR count). The van der Waals surface area contributed by atoms with Crippen molar-refractivity contribution in [2.45, 2.75) is 25.2 Å². The van der Waals surface area contributed by atoms with Gasteiger partial charge in [-0.25, -0.2) is 0 Å². The topological polar surface area (TPSA) is 47.6 Å². The molecule has 4 nitrogen and oxygen atoms in total. The average Bonchev–Trinajstić information content (AvgIpc) is 2.73. The summed E-state index contributed by atoms with van der Waals surface area (Å²) in [5, 5.41) is 3.82. The lowest BCUT2D eigenvalue weighted by Crippen LogP contribution is -2.44. The second-order valence-corrected chi connectivity index (χ2v) is 7.53. The normalized spacial score (nSPS) is 16.5. The van der Waals surface area contributed by atoms with Gasteiger partial charge in [0.2, 0.25) is 5.91 Å². The third kappa shape index (κ3) is 4.57. The molecular formula is C23H26ClNO3. The fraction of sp³-hybridized carbons (Fsp3) is 0.348. The molecule has 0 radical (unpaired) electrons. The summed E-state index contributed by atoms with van der Waals surface area (Å²) in [6.07, 6.45) is 3.27. The quantitative estimate of drug-likeness (QED) is 0.721. The molecule has 0 bridgehead atoms. The molecule has 0 atom stereocenters. The smallest absolute Gasteiger partial charge is 0.244 e. The molecule has 1 saturated heterocycles. The van der Waals surface area contributed by atoms with Crippen LogP contribution in [0.4, 0.5) is 0 Å². The molecule has 0 spiro atoms. The van der Waals surface area contributed by atoms with Crippen molar-refractivity contribution in [1.29, 1.82) is 0 Å². The van der Waals surface area contributed by atoms with Crippen molar-refractivity contribution in [2.75, 3.05) is 26.9 Å². The van der Waals surface area contributed by atoms with Crippen molar-refractivity contribution in [1.82, 2.24) is 5.32 Å². The monoisotopic (exact) mass is 399 g/mol. The van der Waals surface area contributed by atoms with E-state index in [4.69, 9.17) is 21.1 Å². The average molecular weight is 400 g/mol. The first-order chi connectivity index (χ1) is 13.6. The van der Waals surface area contributed by atoms with E-state index in [1.54, 1.807) is 13.2 Å². The third-order valence-corrected chi connectivity index (χ3v) is 5.71. The van der Waals surface area contributed by atoms with E-state index < -0.39 is 0 Å². The number of allylic oxidation sites excluding steroid dienone is 1. The molecular weight excluding hydrogens is 374 g/mol. The number of amides is 1. The summed E-state index contributed by atoms with van der Waals surface area (Å²) < 4.78 is 10.9. The number of carbonyl (C=O) groups excluding carboxylic acids is 1. The number of methoxy groups -OCH3 is 1. The molecule has 0 aliphatic carbocycles. The summed E-state index contributed by atoms with van der Waals surface area (Å²) in [7, 11) is 1.63. The van der Waals surface area contributed by atoms with E-state index in [2.05, 4.69) is 11.4 Å². The standard InChI is InChI=1S/C23H26ClNO3/c1-17(18-7-3-6-10-21(18)27-2)15-22(26)25-16-23(11-13-28-14-12-23)19-8-4-5-9-20(19)24/h3-10,15H,11-14,16H2,1-2H3,(H,25,26)/b17-15+. The molecule has 1 amide bonds. The summed E-state index contributed by atoms with van der Waals surface area (Å²) in [6.45, 7) is 3.76. The first-order valence-corrected chi connectivity index (χ1v) is 9.86. The van der Waals surface area contributed by atoms with Crippen LogP contribution in [-0.4, -0.2) is 32.8 Å². The van der Waals surface area contributed by atoms with Crippen molar-refractivity contribution in [3.63, 3.8) is 0 Å². The van der Waals surface area contributed by atoms with Gasteiger partial charge in [0, 0.05) is 41.8 Å². The van der Waals surface area contributed by atoms with Crippen molar-refractivity contribution < 1.29 is 14.3 Å². The summed E-state index contributed by atoms with van der Waals surface area (Å²) in [5.74, 6) is 0.627. The Labute approximate surface area is 171 Å². The van der Waals surface area contributed by atoms with Crippen LogP contribution < -0.4 is 10.1 Å². The SMILES string of the molecule is COc1ccccc1/C(C)=C/C(=O)NCC1(c2ccccc2Cl)CCOCC1.